The summed E-state index contributed by atoms with van der Waals surface area (Å²) in [5.41, 5.74) is 1.06. The van der Waals surface area contributed by atoms with Gasteiger partial charge in [0.15, 0.2) is 0 Å². The zero-order valence-corrected chi connectivity index (χ0v) is 12.4. The Bertz CT molecular complexity index is 354. The monoisotopic (exact) mass is 269 g/mol. The third kappa shape index (κ3) is 4.87. The van der Waals surface area contributed by atoms with Crippen LogP contribution in [0.2, 0.25) is 5.02 Å². The average molecular weight is 270 g/mol. The molecule has 1 N–H and O–H groups in total. The van der Waals surface area contributed by atoms with Crippen molar-refractivity contribution in [2.24, 2.45) is 5.92 Å². The van der Waals surface area contributed by atoms with Gasteiger partial charge in [0.25, 0.3) is 0 Å². The second kappa shape index (κ2) is 8.39. The Labute approximate surface area is 116 Å². The van der Waals surface area contributed by atoms with E-state index in [0.29, 0.717) is 5.92 Å². The lowest BCUT2D eigenvalue weighted by molar-refractivity contribution is 0.249. The summed E-state index contributed by atoms with van der Waals surface area (Å²) in [6.07, 6.45) is 2.40. The molecule has 0 aliphatic carbocycles. The van der Waals surface area contributed by atoms with Crippen molar-refractivity contribution in [3.63, 3.8) is 0 Å². The summed E-state index contributed by atoms with van der Waals surface area (Å²) < 4.78 is 5.90. The van der Waals surface area contributed by atoms with Crippen LogP contribution in [-0.2, 0) is 6.54 Å². The van der Waals surface area contributed by atoms with Crippen LogP contribution in [0.25, 0.3) is 0 Å². The zero-order chi connectivity index (χ0) is 13.4. The van der Waals surface area contributed by atoms with Crippen LogP contribution in [0.3, 0.4) is 0 Å². The van der Waals surface area contributed by atoms with Crippen LogP contribution in [-0.4, -0.2) is 13.2 Å². The lowest BCUT2D eigenvalue weighted by atomic mass is 10.1. The Hall–Kier alpha value is -0.730. The average Bonchev–Trinajstić information content (AvgIpc) is 2.35. The summed E-state index contributed by atoms with van der Waals surface area (Å²) >= 11 is 6.22. The van der Waals surface area contributed by atoms with Gasteiger partial charge < -0.3 is 10.1 Å². The third-order valence-corrected chi connectivity index (χ3v) is 3.29. The van der Waals surface area contributed by atoms with Gasteiger partial charge in [-0.2, -0.15) is 0 Å². The quantitative estimate of drug-likeness (QED) is 0.761. The fourth-order valence-corrected chi connectivity index (χ4v) is 2.14. The Morgan fingerprint density at radius 2 is 2.11 bits per heavy atom. The Morgan fingerprint density at radius 1 is 1.33 bits per heavy atom. The molecule has 0 radical (unpaired) electrons. The molecule has 1 unspecified atom stereocenters. The second-order valence-electron chi connectivity index (χ2n) is 4.70. The summed E-state index contributed by atoms with van der Waals surface area (Å²) in [7, 11) is 0. The van der Waals surface area contributed by atoms with Gasteiger partial charge in [-0.3, -0.25) is 0 Å². The fourth-order valence-electron chi connectivity index (χ4n) is 1.90. The maximum absolute atomic E-state index is 6.22. The highest BCUT2D eigenvalue weighted by Crippen LogP contribution is 2.27. The number of halogens is 1. The first-order chi connectivity index (χ1) is 8.69. The van der Waals surface area contributed by atoms with E-state index in [2.05, 4.69) is 26.1 Å². The van der Waals surface area contributed by atoms with Crippen molar-refractivity contribution in [2.75, 3.05) is 13.2 Å². The van der Waals surface area contributed by atoms with E-state index in [1.165, 1.54) is 12.8 Å². The predicted molar refractivity (Wildman–Crippen MR) is 78.4 cm³/mol. The standard InChI is InChI=1S/C15H24ClNO/c1-4-7-12(3)11-18-15-9-6-8-14(16)13(15)10-17-5-2/h6,8-9,12,17H,4-5,7,10-11H2,1-3H3. The molecule has 0 bridgehead atoms. The number of ether oxygens (including phenoxy) is 1. The van der Waals surface area contributed by atoms with Crippen LogP contribution >= 0.6 is 11.6 Å². The molecule has 0 heterocycles. The van der Waals surface area contributed by atoms with Gasteiger partial charge in [0.1, 0.15) is 5.75 Å². The van der Waals surface area contributed by atoms with E-state index in [4.69, 9.17) is 16.3 Å². The minimum Gasteiger partial charge on any atom is -0.493 e. The molecular weight excluding hydrogens is 246 g/mol. The van der Waals surface area contributed by atoms with Gasteiger partial charge in [-0.15, -0.1) is 0 Å². The molecule has 0 aliphatic rings. The molecule has 0 fully saturated rings. The van der Waals surface area contributed by atoms with Gasteiger partial charge in [-0.1, -0.05) is 44.9 Å². The Kier molecular flexibility index (Phi) is 7.14. The van der Waals surface area contributed by atoms with E-state index < -0.39 is 0 Å². The zero-order valence-electron chi connectivity index (χ0n) is 11.6. The van der Waals surface area contributed by atoms with E-state index in [0.717, 1.165) is 36.0 Å². The molecule has 1 aromatic carbocycles. The lowest BCUT2D eigenvalue weighted by Gasteiger charge is -2.16. The van der Waals surface area contributed by atoms with Crippen LogP contribution in [0, 0.1) is 5.92 Å². The largest absolute Gasteiger partial charge is 0.493 e. The van der Waals surface area contributed by atoms with Crippen LogP contribution < -0.4 is 10.1 Å². The van der Waals surface area contributed by atoms with Crippen molar-refractivity contribution in [2.45, 2.75) is 40.2 Å². The summed E-state index contributed by atoms with van der Waals surface area (Å²) in [6, 6.07) is 5.85. The molecule has 1 atom stereocenters. The van der Waals surface area contributed by atoms with Gasteiger partial charge >= 0.3 is 0 Å². The Balaban J connectivity index is 2.65. The molecule has 1 rings (SSSR count). The van der Waals surface area contributed by atoms with E-state index in [1.807, 2.05) is 18.2 Å². The highest BCUT2D eigenvalue weighted by Gasteiger charge is 2.09. The molecule has 0 aliphatic heterocycles. The molecule has 2 nitrogen and oxygen atoms in total. The normalized spacial score (nSPS) is 12.4. The smallest absolute Gasteiger partial charge is 0.125 e. The van der Waals surface area contributed by atoms with E-state index in [9.17, 15) is 0 Å². The molecular formula is C15H24ClNO. The maximum Gasteiger partial charge on any atom is 0.125 e. The topological polar surface area (TPSA) is 21.3 Å². The second-order valence-corrected chi connectivity index (χ2v) is 5.11. The van der Waals surface area contributed by atoms with Gasteiger partial charge in [0.2, 0.25) is 0 Å². The third-order valence-electron chi connectivity index (χ3n) is 2.93. The lowest BCUT2D eigenvalue weighted by Crippen LogP contribution is -2.15. The molecule has 0 saturated heterocycles. The molecule has 0 spiro atoms. The van der Waals surface area contributed by atoms with E-state index in [-0.39, 0.29) is 0 Å². The van der Waals surface area contributed by atoms with Crippen molar-refractivity contribution in [3.05, 3.63) is 28.8 Å². The van der Waals surface area contributed by atoms with Gasteiger partial charge in [0.05, 0.1) is 6.61 Å². The van der Waals surface area contributed by atoms with E-state index >= 15 is 0 Å². The first-order valence-corrected chi connectivity index (χ1v) is 7.17. The highest BCUT2D eigenvalue weighted by atomic mass is 35.5. The SMILES string of the molecule is CCCC(C)COc1cccc(Cl)c1CNCC. The number of hydrogen-bond acceptors (Lipinski definition) is 2. The van der Waals surface area contributed by atoms with Crippen molar-refractivity contribution >= 4 is 11.6 Å². The minimum atomic E-state index is 0.584. The summed E-state index contributed by atoms with van der Waals surface area (Å²) in [5.74, 6) is 1.49. The molecule has 0 amide bonds. The predicted octanol–water partition coefficient (Wildman–Crippen LogP) is 4.26. The number of nitrogens with one attached hydrogen (secondary N) is 1. The molecule has 3 heteroatoms. The first kappa shape index (κ1) is 15.3. The van der Waals surface area contributed by atoms with Gasteiger partial charge in [0, 0.05) is 17.1 Å². The van der Waals surface area contributed by atoms with Gasteiger partial charge in [-0.05, 0) is 31.0 Å². The van der Waals surface area contributed by atoms with Crippen molar-refractivity contribution in [1.82, 2.24) is 5.32 Å². The molecule has 18 heavy (non-hydrogen) atoms. The van der Waals surface area contributed by atoms with Crippen LogP contribution in [0.5, 0.6) is 5.75 Å². The summed E-state index contributed by atoms with van der Waals surface area (Å²) in [4.78, 5) is 0. The maximum atomic E-state index is 6.22. The van der Waals surface area contributed by atoms with Gasteiger partial charge in [-0.25, -0.2) is 0 Å². The summed E-state index contributed by atoms with van der Waals surface area (Å²) in [6.45, 7) is 8.95. The molecule has 102 valence electrons. The fraction of sp³-hybridized carbons (Fsp3) is 0.600. The first-order valence-electron chi connectivity index (χ1n) is 6.79. The number of benzene rings is 1. The number of rotatable bonds is 8. The minimum absolute atomic E-state index is 0.584. The van der Waals surface area contributed by atoms with Crippen molar-refractivity contribution in [3.8, 4) is 5.75 Å². The molecule has 1 aromatic rings. The Morgan fingerprint density at radius 3 is 2.78 bits per heavy atom. The van der Waals surface area contributed by atoms with Crippen molar-refractivity contribution in [1.29, 1.82) is 0 Å². The summed E-state index contributed by atoms with van der Waals surface area (Å²) in [5, 5.41) is 4.07. The van der Waals surface area contributed by atoms with Crippen LogP contribution in [0.15, 0.2) is 18.2 Å². The van der Waals surface area contributed by atoms with Crippen molar-refractivity contribution < 1.29 is 4.74 Å². The van der Waals surface area contributed by atoms with E-state index in [1.54, 1.807) is 0 Å². The van der Waals surface area contributed by atoms with Crippen LogP contribution in [0.4, 0.5) is 0 Å². The molecule has 0 saturated carbocycles. The van der Waals surface area contributed by atoms with Crippen LogP contribution in [0.1, 0.15) is 39.2 Å². The molecule has 0 aromatic heterocycles. The highest BCUT2D eigenvalue weighted by molar-refractivity contribution is 6.31. The number of hydrogen-bond donors (Lipinski definition) is 1.